The largest absolute Gasteiger partial charge is 0.500 e. The van der Waals surface area contributed by atoms with E-state index in [1.807, 2.05) is 0 Å². The molecule has 0 unspecified atom stereocenters. The van der Waals surface area contributed by atoms with Crippen molar-refractivity contribution in [2.24, 2.45) is 5.73 Å². The number of nitrogens with zero attached hydrogens (tertiary/aromatic N) is 1. The highest BCUT2D eigenvalue weighted by Gasteiger charge is 2.21. The van der Waals surface area contributed by atoms with Crippen molar-refractivity contribution in [1.82, 2.24) is 0 Å². The van der Waals surface area contributed by atoms with Crippen LogP contribution < -0.4 is 10.5 Å². The fraction of sp³-hybridized carbons (Fsp3) is 0.333. The number of rotatable bonds is 4. The second-order valence-electron chi connectivity index (χ2n) is 3.10. The highest BCUT2D eigenvalue weighted by molar-refractivity contribution is 5.57. The first kappa shape index (κ1) is 12.2. The molecule has 16 heavy (non-hydrogen) atoms. The van der Waals surface area contributed by atoms with Crippen molar-refractivity contribution in [3.63, 3.8) is 0 Å². The molecule has 7 heteroatoms. The van der Waals surface area contributed by atoms with Gasteiger partial charge in [-0.05, 0) is 11.6 Å². The van der Waals surface area contributed by atoms with Gasteiger partial charge in [-0.1, -0.05) is 0 Å². The molecule has 88 valence electrons. The molecular weight excluding hydrogens is 216 g/mol. The maximum Gasteiger partial charge on any atom is 0.315 e. The molecule has 0 saturated heterocycles. The summed E-state index contributed by atoms with van der Waals surface area (Å²) in [6, 6.07) is 2.37. The van der Waals surface area contributed by atoms with E-state index in [2.05, 4.69) is 0 Å². The Balaban J connectivity index is 3.34. The van der Waals surface area contributed by atoms with Gasteiger partial charge in [-0.3, -0.25) is 10.1 Å². The number of hydrogen-bond acceptors (Lipinski definition) is 6. The van der Waals surface area contributed by atoms with Crippen molar-refractivity contribution in [3.05, 3.63) is 27.8 Å². The van der Waals surface area contributed by atoms with Gasteiger partial charge in [-0.2, -0.15) is 0 Å². The number of phenolic OH excluding ortho intramolecular Hbond substituents is 1. The molecule has 7 nitrogen and oxygen atoms in total. The lowest BCUT2D eigenvalue weighted by molar-refractivity contribution is -0.386. The second kappa shape index (κ2) is 4.77. The van der Waals surface area contributed by atoms with E-state index in [0.717, 1.165) is 6.07 Å². The number of nitrogens with two attached hydrogens (primary N) is 1. The molecule has 0 radical (unpaired) electrons. The van der Waals surface area contributed by atoms with E-state index in [1.165, 1.54) is 13.2 Å². The normalized spacial score (nSPS) is 12.2. The van der Waals surface area contributed by atoms with Gasteiger partial charge in [-0.15, -0.1) is 0 Å². The van der Waals surface area contributed by atoms with Gasteiger partial charge in [-0.25, -0.2) is 0 Å². The summed E-state index contributed by atoms with van der Waals surface area (Å²) in [6.45, 7) is -0.0783. The summed E-state index contributed by atoms with van der Waals surface area (Å²) in [6.07, 6.45) is -1.03. The summed E-state index contributed by atoms with van der Waals surface area (Å²) >= 11 is 0. The molecule has 0 aliphatic heterocycles. The molecule has 0 amide bonds. The van der Waals surface area contributed by atoms with Gasteiger partial charge < -0.3 is 20.7 Å². The Morgan fingerprint density at radius 1 is 1.62 bits per heavy atom. The zero-order valence-corrected chi connectivity index (χ0v) is 8.58. The topological polar surface area (TPSA) is 119 Å². The quantitative estimate of drug-likeness (QED) is 0.503. The molecule has 4 N–H and O–H groups in total. The number of hydrogen-bond donors (Lipinski definition) is 3. The van der Waals surface area contributed by atoms with E-state index in [9.17, 15) is 20.3 Å². The number of aromatic hydroxyl groups is 1. The predicted octanol–water partition coefficient (Wildman–Crippen LogP) is 0.301. The second-order valence-corrected chi connectivity index (χ2v) is 3.10. The number of ether oxygens (including phenoxy) is 1. The molecule has 0 fully saturated rings. The molecule has 1 rings (SSSR count). The predicted molar refractivity (Wildman–Crippen MR) is 55.3 cm³/mol. The Hall–Kier alpha value is -1.86. The fourth-order valence-corrected chi connectivity index (χ4v) is 1.24. The number of phenols is 1. The Kier molecular flexibility index (Phi) is 3.64. The summed E-state index contributed by atoms with van der Waals surface area (Å²) in [7, 11) is 1.26. The van der Waals surface area contributed by atoms with Crippen LogP contribution in [0.5, 0.6) is 11.5 Å². The van der Waals surface area contributed by atoms with E-state index in [0.29, 0.717) is 0 Å². The first-order valence-corrected chi connectivity index (χ1v) is 4.44. The number of aliphatic hydroxyl groups excluding tert-OH is 1. The molecule has 0 spiro atoms. The molecule has 0 bridgehead atoms. The highest BCUT2D eigenvalue weighted by atomic mass is 16.6. The van der Waals surface area contributed by atoms with Crippen LogP contribution in [0.25, 0.3) is 0 Å². The standard InChI is InChI=1S/C9H12N2O5/c1-16-8-3-5(7(12)4-10)2-6(9(8)13)11(14)15/h2-3,7,12-13H,4,10H2,1H3/t7-/m1/s1. The first-order valence-electron chi connectivity index (χ1n) is 4.44. The third kappa shape index (κ3) is 2.20. The Bertz CT molecular complexity index is 407. The highest BCUT2D eigenvalue weighted by Crippen LogP contribution is 2.38. The molecule has 1 atom stereocenters. The minimum Gasteiger partial charge on any atom is -0.500 e. The van der Waals surface area contributed by atoms with E-state index < -0.39 is 22.5 Å². The minimum atomic E-state index is -1.03. The third-order valence-corrected chi connectivity index (χ3v) is 2.10. The average Bonchev–Trinajstić information content (AvgIpc) is 2.27. The summed E-state index contributed by atoms with van der Waals surface area (Å²) in [5.74, 6) is -0.642. The van der Waals surface area contributed by atoms with Crippen LogP contribution in [0.1, 0.15) is 11.7 Å². The summed E-state index contributed by atoms with van der Waals surface area (Å²) in [5.41, 5.74) is 4.94. The fourth-order valence-electron chi connectivity index (χ4n) is 1.24. The lowest BCUT2D eigenvalue weighted by Gasteiger charge is -2.11. The molecule has 0 saturated carbocycles. The summed E-state index contributed by atoms with van der Waals surface area (Å²) < 4.78 is 4.76. The summed E-state index contributed by atoms with van der Waals surface area (Å²) in [4.78, 5) is 9.87. The average molecular weight is 228 g/mol. The molecule has 1 aromatic carbocycles. The molecule has 0 aliphatic rings. The number of methoxy groups -OCH3 is 1. The van der Waals surface area contributed by atoms with E-state index in [-0.39, 0.29) is 17.9 Å². The van der Waals surface area contributed by atoms with E-state index >= 15 is 0 Å². The molecule has 0 heterocycles. The van der Waals surface area contributed by atoms with Crippen LogP contribution in [0.3, 0.4) is 0 Å². The van der Waals surface area contributed by atoms with Gasteiger partial charge in [0, 0.05) is 12.6 Å². The zero-order valence-electron chi connectivity index (χ0n) is 8.58. The van der Waals surface area contributed by atoms with Gasteiger partial charge in [0.25, 0.3) is 0 Å². The third-order valence-electron chi connectivity index (χ3n) is 2.10. The minimum absolute atomic E-state index is 0.0725. The van der Waals surface area contributed by atoms with Gasteiger partial charge in [0.2, 0.25) is 5.75 Å². The van der Waals surface area contributed by atoms with E-state index in [1.54, 1.807) is 0 Å². The van der Waals surface area contributed by atoms with Gasteiger partial charge >= 0.3 is 5.69 Å². The molecular formula is C9H12N2O5. The van der Waals surface area contributed by atoms with Gasteiger partial charge in [0.1, 0.15) is 0 Å². The first-order chi connectivity index (χ1) is 7.51. The number of nitro benzene ring substituents is 1. The van der Waals surface area contributed by atoms with E-state index in [4.69, 9.17) is 10.5 Å². The van der Waals surface area contributed by atoms with Gasteiger partial charge in [0.15, 0.2) is 5.75 Å². The van der Waals surface area contributed by atoms with Crippen LogP contribution in [-0.2, 0) is 0 Å². The number of benzene rings is 1. The Labute approximate surface area is 91.2 Å². The van der Waals surface area contributed by atoms with Crippen LogP contribution in [0.4, 0.5) is 5.69 Å². The summed E-state index contributed by atoms with van der Waals surface area (Å²) in [5, 5.41) is 29.6. The SMILES string of the molecule is COc1cc([C@H](O)CN)cc([N+](=O)[O-])c1O. The molecule has 0 aromatic heterocycles. The van der Waals surface area contributed by atoms with Crippen molar-refractivity contribution in [1.29, 1.82) is 0 Å². The molecule has 0 aliphatic carbocycles. The van der Waals surface area contributed by atoms with Crippen LogP contribution in [0, 0.1) is 10.1 Å². The zero-order chi connectivity index (χ0) is 12.3. The maximum atomic E-state index is 10.6. The van der Waals surface area contributed by atoms with Crippen LogP contribution in [0.2, 0.25) is 0 Å². The van der Waals surface area contributed by atoms with Gasteiger partial charge in [0.05, 0.1) is 18.1 Å². The Morgan fingerprint density at radius 2 is 2.25 bits per heavy atom. The van der Waals surface area contributed by atoms with Crippen molar-refractivity contribution in [2.45, 2.75) is 6.10 Å². The van der Waals surface area contributed by atoms with Crippen LogP contribution >= 0.6 is 0 Å². The molecule has 1 aromatic rings. The van der Waals surface area contributed by atoms with Crippen LogP contribution in [0.15, 0.2) is 12.1 Å². The maximum absolute atomic E-state index is 10.6. The van der Waals surface area contributed by atoms with Crippen molar-refractivity contribution < 1.29 is 19.9 Å². The lowest BCUT2D eigenvalue weighted by Crippen LogP contribution is -2.12. The van der Waals surface area contributed by atoms with Crippen molar-refractivity contribution in [3.8, 4) is 11.5 Å². The Morgan fingerprint density at radius 3 is 2.69 bits per heavy atom. The van der Waals surface area contributed by atoms with Crippen molar-refractivity contribution >= 4 is 5.69 Å². The lowest BCUT2D eigenvalue weighted by atomic mass is 10.1. The number of aliphatic hydroxyl groups is 1. The van der Waals surface area contributed by atoms with Crippen LogP contribution in [-0.4, -0.2) is 28.8 Å². The number of nitro groups is 1. The monoisotopic (exact) mass is 228 g/mol. The van der Waals surface area contributed by atoms with Crippen molar-refractivity contribution in [2.75, 3.05) is 13.7 Å². The smallest absolute Gasteiger partial charge is 0.315 e.